The second kappa shape index (κ2) is 19.5. The molecule has 0 saturated carbocycles. The summed E-state index contributed by atoms with van der Waals surface area (Å²) < 4.78 is 0. The normalized spacial score (nSPS) is 7.00. The lowest BCUT2D eigenvalue weighted by molar-refractivity contribution is 0.472. The van der Waals surface area contributed by atoms with Crippen LogP contribution < -0.4 is 0 Å². The van der Waals surface area contributed by atoms with Gasteiger partial charge in [-0.3, -0.25) is 0 Å². The molecular weight excluding hydrogens is 92.1 g/mol. The summed E-state index contributed by atoms with van der Waals surface area (Å²) in [5, 5.41) is 15.0. The van der Waals surface area contributed by atoms with E-state index in [4.69, 9.17) is 10.2 Å². The minimum atomic E-state index is 0.750. The van der Waals surface area contributed by atoms with E-state index in [0.717, 1.165) is 12.5 Å². The van der Waals surface area contributed by atoms with Gasteiger partial charge in [-0.15, -0.1) is 0 Å². The Morgan fingerprint density at radius 3 is 1.57 bits per heavy atom. The summed E-state index contributed by atoms with van der Waals surface area (Å²) >= 11 is 0. The molecule has 0 atom stereocenters. The van der Waals surface area contributed by atoms with Gasteiger partial charge in [-0.2, -0.15) is 0 Å². The third-order valence-corrected chi connectivity index (χ3v) is 0.149. The molecule has 0 aromatic carbocycles. The fourth-order valence-corrected chi connectivity index (χ4v) is 0. The van der Waals surface area contributed by atoms with E-state index in [1.54, 1.807) is 13.0 Å². The van der Waals surface area contributed by atoms with Gasteiger partial charge in [0.2, 0.25) is 0 Å². The highest BCUT2D eigenvalue weighted by Crippen LogP contribution is 1.51. The highest BCUT2D eigenvalue weighted by atomic mass is 16.2. The van der Waals surface area contributed by atoms with Gasteiger partial charge in [-0.25, -0.2) is 0 Å². The summed E-state index contributed by atoms with van der Waals surface area (Å²) in [6.45, 7) is 4.67. The first-order valence-corrected chi connectivity index (χ1v) is 1.84. The molecule has 0 aromatic rings. The van der Waals surface area contributed by atoms with Crippen LogP contribution in [0.2, 0.25) is 0 Å². The molecule has 0 radical (unpaired) electrons. The SMILES string of the molecule is C/C=C/O.C=CO. The first-order valence-electron chi connectivity index (χ1n) is 1.84. The van der Waals surface area contributed by atoms with E-state index in [1.165, 1.54) is 0 Å². The minimum Gasteiger partial charge on any atom is -0.516 e. The lowest BCUT2D eigenvalue weighted by Crippen LogP contribution is -1.36. The molecule has 0 saturated heterocycles. The average molecular weight is 102 g/mol. The number of hydrogen-bond acceptors (Lipinski definition) is 2. The first-order chi connectivity index (χ1) is 3.33. The van der Waals surface area contributed by atoms with Crippen molar-refractivity contribution in [3.05, 3.63) is 25.2 Å². The van der Waals surface area contributed by atoms with Crippen LogP contribution in [-0.4, -0.2) is 10.2 Å². The number of rotatable bonds is 0. The Hall–Kier alpha value is -0.920. The summed E-state index contributed by atoms with van der Waals surface area (Å²) in [5.74, 6) is 0. The molecule has 0 unspecified atom stereocenters. The van der Waals surface area contributed by atoms with E-state index >= 15 is 0 Å². The van der Waals surface area contributed by atoms with Gasteiger partial charge in [0.1, 0.15) is 0 Å². The maximum atomic E-state index is 7.69. The Balaban J connectivity index is 0. The second-order valence-corrected chi connectivity index (χ2v) is 0.665. The van der Waals surface area contributed by atoms with Crippen LogP contribution in [0.4, 0.5) is 0 Å². The molecule has 0 aliphatic rings. The molecule has 0 heterocycles. The minimum absolute atomic E-state index is 0.750. The van der Waals surface area contributed by atoms with Crippen molar-refractivity contribution >= 4 is 0 Å². The van der Waals surface area contributed by atoms with E-state index in [-0.39, 0.29) is 0 Å². The maximum Gasteiger partial charge on any atom is 0.0748 e. The van der Waals surface area contributed by atoms with Crippen molar-refractivity contribution in [1.82, 2.24) is 0 Å². The third kappa shape index (κ3) is 7530. The van der Waals surface area contributed by atoms with E-state index in [1.807, 2.05) is 0 Å². The smallest absolute Gasteiger partial charge is 0.0748 e. The molecule has 0 aliphatic heterocycles. The van der Waals surface area contributed by atoms with Crippen LogP contribution in [0.1, 0.15) is 6.92 Å². The van der Waals surface area contributed by atoms with Crippen molar-refractivity contribution in [3.8, 4) is 0 Å². The Morgan fingerprint density at radius 2 is 1.57 bits per heavy atom. The zero-order valence-corrected chi connectivity index (χ0v) is 4.33. The molecular formula is C5H10O2. The number of aliphatic hydroxyl groups is 2. The van der Waals surface area contributed by atoms with Gasteiger partial charge in [-0.1, -0.05) is 12.7 Å². The van der Waals surface area contributed by atoms with Crippen molar-refractivity contribution in [3.63, 3.8) is 0 Å². The van der Waals surface area contributed by atoms with Crippen molar-refractivity contribution in [2.75, 3.05) is 0 Å². The molecule has 0 spiro atoms. The second-order valence-electron chi connectivity index (χ2n) is 0.665. The largest absolute Gasteiger partial charge is 0.516 e. The standard InChI is InChI=1S/C3H6O.C2H4O/c1-2-3-4;1-2-3/h2-4H,1H3;2-3H,1H2/b3-2+;. The molecule has 0 fully saturated rings. The number of aliphatic hydroxyl groups excluding tert-OH is 2. The molecule has 7 heavy (non-hydrogen) atoms. The fraction of sp³-hybridized carbons (Fsp3) is 0.200. The van der Waals surface area contributed by atoms with E-state index in [2.05, 4.69) is 6.58 Å². The number of hydrogen-bond donors (Lipinski definition) is 2. The molecule has 0 bridgehead atoms. The highest BCUT2D eigenvalue weighted by Gasteiger charge is 1.35. The van der Waals surface area contributed by atoms with Gasteiger partial charge < -0.3 is 10.2 Å². The predicted molar refractivity (Wildman–Crippen MR) is 30.3 cm³/mol. The molecule has 0 amide bonds. The quantitative estimate of drug-likeness (QED) is 0.457. The highest BCUT2D eigenvalue weighted by molar-refractivity contribution is 4.60. The van der Waals surface area contributed by atoms with Crippen LogP contribution in [0, 0.1) is 0 Å². The van der Waals surface area contributed by atoms with E-state index < -0.39 is 0 Å². The average Bonchev–Trinajstić information content (AvgIpc) is 1.69. The predicted octanol–water partition coefficient (Wildman–Crippen LogP) is 1.77. The summed E-state index contributed by atoms with van der Waals surface area (Å²) in [6.07, 6.45) is 3.31. The van der Waals surface area contributed by atoms with Crippen molar-refractivity contribution in [2.24, 2.45) is 0 Å². The van der Waals surface area contributed by atoms with Crippen LogP contribution in [0.15, 0.2) is 25.2 Å². The van der Waals surface area contributed by atoms with Gasteiger partial charge in [0.05, 0.1) is 12.5 Å². The van der Waals surface area contributed by atoms with Crippen molar-refractivity contribution in [2.45, 2.75) is 6.92 Å². The van der Waals surface area contributed by atoms with Gasteiger partial charge in [-0.05, 0) is 6.92 Å². The van der Waals surface area contributed by atoms with Gasteiger partial charge in [0.25, 0.3) is 0 Å². The van der Waals surface area contributed by atoms with Crippen LogP contribution in [0.25, 0.3) is 0 Å². The van der Waals surface area contributed by atoms with Crippen LogP contribution >= 0.6 is 0 Å². The lowest BCUT2D eigenvalue weighted by Gasteiger charge is -1.53. The Kier molecular flexibility index (Phi) is 26.3. The van der Waals surface area contributed by atoms with Gasteiger partial charge >= 0.3 is 0 Å². The van der Waals surface area contributed by atoms with E-state index in [0.29, 0.717) is 0 Å². The molecule has 2 heteroatoms. The molecule has 42 valence electrons. The fourth-order valence-electron chi connectivity index (χ4n) is 0. The van der Waals surface area contributed by atoms with Gasteiger partial charge in [0.15, 0.2) is 0 Å². The molecule has 0 rings (SSSR count). The van der Waals surface area contributed by atoms with Crippen LogP contribution in [0.3, 0.4) is 0 Å². The van der Waals surface area contributed by atoms with Crippen molar-refractivity contribution < 1.29 is 10.2 Å². The Bertz CT molecular complexity index is 44.0. The Labute approximate surface area is 43.4 Å². The molecule has 2 N–H and O–H groups in total. The zero-order valence-electron chi connectivity index (χ0n) is 4.33. The molecule has 0 aliphatic carbocycles. The van der Waals surface area contributed by atoms with Crippen molar-refractivity contribution in [1.29, 1.82) is 0 Å². The maximum absolute atomic E-state index is 7.69. The van der Waals surface area contributed by atoms with Gasteiger partial charge in [0, 0.05) is 0 Å². The molecule has 0 aromatic heterocycles. The Morgan fingerprint density at radius 1 is 1.43 bits per heavy atom. The summed E-state index contributed by atoms with van der Waals surface area (Å²) in [7, 11) is 0. The summed E-state index contributed by atoms with van der Waals surface area (Å²) in [4.78, 5) is 0. The lowest BCUT2D eigenvalue weighted by atomic mass is 10.8. The van der Waals surface area contributed by atoms with Crippen LogP contribution in [0.5, 0.6) is 0 Å². The van der Waals surface area contributed by atoms with E-state index in [9.17, 15) is 0 Å². The zero-order chi connectivity index (χ0) is 6.12. The molecule has 2 nitrogen and oxygen atoms in total. The first kappa shape index (κ1) is 9.43. The summed E-state index contributed by atoms with van der Waals surface area (Å²) in [6, 6.07) is 0. The van der Waals surface area contributed by atoms with Crippen LogP contribution in [-0.2, 0) is 0 Å². The topological polar surface area (TPSA) is 40.5 Å². The monoisotopic (exact) mass is 102 g/mol. The number of allylic oxidation sites excluding steroid dienone is 1. The summed E-state index contributed by atoms with van der Waals surface area (Å²) in [5.41, 5.74) is 0. The third-order valence-electron chi connectivity index (χ3n) is 0.149.